The molecule has 1 heterocycles. The van der Waals surface area contributed by atoms with Crippen molar-refractivity contribution in [2.45, 2.75) is 30.2 Å². The van der Waals surface area contributed by atoms with Crippen molar-refractivity contribution in [3.05, 3.63) is 70.9 Å². The van der Waals surface area contributed by atoms with Crippen LogP contribution in [0.25, 0.3) is 22.3 Å². The highest BCUT2D eigenvalue weighted by molar-refractivity contribution is 7.90. The Hall–Kier alpha value is -2.80. The van der Waals surface area contributed by atoms with Gasteiger partial charge in [-0.1, -0.05) is 24.3 Å². The van der Waals surface area contributed by atoms with Gasteiger partial charge in [0.15, 0.2) is 9.84 Å². The van der Waals surface area contributed by atoms with Crippen molar-refractivity contribution < 1.29 is 12.8 Å². The lowest BCUT2D eigenvalue weighted by molar-refractivity contribution is 0.279. The van der Waals surface area contributed by atoms with E-state index < -0.39 is 9.84 Å². The Bertz CT molecular complexity index is 1180. The molecule has 144 valence electrons. The second kappa shape index (κ2) is 6.98. The normalized spacial score (nSPS) is 14.6. The zero-order valence-electron chi connectivity index (χ0n) is 15.3. The van der Waals surface area contributed by atoms with Gasteiger partial charge in [-0.25, -0.2) is 17.5 Å². The average Bonchev–Trinajstić information content (AvgIpc) is 2.62. The topological polar surface area (TPSA) is 69.0 Å². The maximum atomic E-state index is 13.4. The molecule has 0 aliphatic heterocycles. The van der Waals surface area contributed by atoms with Crippen LogP contribution in [0.1, 0.15) is 25.3 Å². The van der Waals surface area contributed by atoms with Crippen LogP contribution in [0.15, 0.2) is 64.4 Å². The third-order valence-corrected chi connectivity index (χ3v) is 6.28. The minimum absolute atomic E-state index is 0.0911. The first-order valence-corrected chi connectivity index (χ1v) is 10.9. The highest BCUT2D eigenvalue weighted by atomic mass is 32.2. The van der Waals surface area contributed by atoms with E-state index in [-0.39, 0.29) is 22.3 Å². The first-order chi connectivity index (χ1) is 13.3. The summed E-state index contributed by atoms with van der Waals surface area (Å²) in [4.78, 5) is 13.4. The molecule has 0 saturated heterocycles. The van der Waals surface area contributed by atoms with E-state index in [1.165, 1.54) is 28.9 Å². The van der Waals surface area contributed by atoms with Crippen molar-refractivity contribution >= 4 is 9.84 Å². The van der Waals surface area contributed by atoms with Crippen molar-refractivity contribution in [2.24, 2.45) is 0 Å². The predicted molar refractivity (Wildman–Crippen MR) is 105 cm³/mol. The van der Waals surface area contributed by atoms with Gasteiger partial charge >= 0.3 is 0 Å². The fraction of sp³-hybridized carbons (Fsp3) is 0.238. The molecule has 28 heavy (non-hydrogen) atoms. The third kappa shape index (κ3) is 3.38. The standard InChI is InChI=1S/C21H19FN2O3S/c1-28(26,27)18-11-7-14(8-12-18)19-13-23-24(17-3-2-4-17)21(25)20(19)15-5-9-16(22)10-6-15/h5-13,17H,2-4H2,1H3. The molecule has 0 bridgehead atoms. The molecule has 0 amide bonds. The minimum atomic E-state index is -3.31. The van der Waals surface area contributed by atoms with Crippen molar-refractivity contribution in [3.63, 3.8) is 0 Å². The fourth-order valence-corrected chi connectivity index (χ4v) is 3.98. The number of sulfone groups is 1. The first kappa shape index (κ1) is 18.6. The first-order valence-electron chi connectivity index (χ1n) is 9.03. The Labute approximate surface area is 162 Å². The van der Waals surface area contributed by atoms with Gasteiger partial charge in [0.25, 0.3) is 5.56 Å². The van der Waals surface area contributed by atoms with Crippen molar-refractivity contribution in [3.8, 4) is 22.3 Å². The zero-order chi connectivity index (χ0) is 19.9. The zero-order valence-corrected chi connectivity index (χ0v) is 16.1. The molecular weight excluding hydrogens is 379 g/mol. The van der Waals surface area contributed by atoms with Crippen LogP contribution in [0.4, 0.5) is 4.39 Å². The monoisotopic (exact) mass is 398 g/mol. The molecule has 4 rings (SSSR count). The van der Waals surface area contributed by atoms with Gasteiger partial charge < -0.3 is 0 Å². The number of aromatic nitrogens is 2. The van der Waals surface area contributed by atoms with Crippen LogP contribution in [0.3, 0.4) is 0 Å². The summed E-state index contributed by atoms with van der Waals surface area (Å²) >= 11 is 0. The van der Waals surface area contributed by atoms with Crippen LogP contribution in [-0.2, 0) is 9.84 Å². The van der Waals surface area contributed by atoms with Gasteiger partial charge in [-0.15, -0.1) is 0 Å². The van der Waals surface area contributed by atoms with Gasteiger partial charge in [0.2, 0.25) is 0 Å². The van der Waals surface area contributed by atoms with Crippen LogP contribution in [-0.4, -0.2) is 24.5 Å². The fourth-order valence-electron chi connectivity index (χ4n) is 3.35. The van der Waals surface area contributed by atoms with E-state index in [0.29, 0.717) is 22.3 Å². The Morgan fingerprint density at radius 3 is 2.14 bits per heavy atom. The Balaban J connectivity index is 1.90. The molecule has 1 aromatic heterocycles. The Kier molecular flexibility index (Phi) is 4.63. The lowest BCUT2D eigenvalue weighted by Crippen LogP contribution is -2.32. The molecule has 1 aliphatic carbocycles. The van der Waals surface area contributed by atoms with Crippen molar-refractivity contribution in [1.29, 1.82) is 0 Å². The van der Waals surface area contributed by atoms with E-state index >= 15 is 0 Å². The smallest absolute Gasteiger partial charge is 0.267 e. The molecule has 1 aliphatic rings. The molecule has 0 spiro atoms. The summed E-state index contributed by atoms with van der Waals surface area (Å²) in [5, 5.41) is 4.36. The molecule has 0 N–H and O–H groups in total. The lowest BCUT2D eigenvalue weighted by Gasteiger charge is -2.27. The second-order valence-corrected chi connectivity index (χ2v) is 9.09. The molecule has 0 radical (unpaired) electrons. The molecular formula is C21H19FN2O3S. The maximum Gasteiger partial charge on any atom is 0.275 e. The average molecular weight is 398 g/mol. The molecule has 0 unspecified atom stereocenters. The number of hydrogen-bond donors (Lipinski definition) is 0. The molecule has 7 heteroatoms. The van der Waals surface area contributed by atoms with Crippen LogP contribution < -0.4 is 5.56 Å². The Morgan fingerprint density at radius 1 is 1.00 bits per heavy atom. The van der Waals surface area contributed by atoms with E-state index in [4.69, 9.17) is 0 Å². The Morgan fingerprint density at radius 2 is 1.61 bits per heavy atom. The lowest BCUT2D eigenvalue weighted by atomic mass is 9.92. The largest absolute Gasteiger partial charge is 0.275 e. The predicted octanol–water partition coefficient (Wildman–Crippen LogP) is 3.84. The molecule has 0 atom stereocenters. The van der Waals surface area contributed by atoms with E-state index in [1.54, 1.807) is 30.5 Å². The number of benzene rings is 2. The quantitative estimate of drug-likeness (QED) is 0.670. The van der Waals surface area contributed by atoms with Crippen molar-refractivity contribution in [1.82, 2.24) is 9.78 Å². The summed E-state index contributed by atoms with van der Waals surface area (Å²) in [6.45, 7) is 0. The van der Waals surface area contributed by atoms with Crippen LogP contribution in [0.5, 0.6) is 0 Å². The third-order valence-electron chi connectivity index (χ3n) is 5.15. The van der Waals surface area contributed by atoms with Gasteiger partial charge in [0.1, 0.15) is 5.82 Å². The second-order valence-electron chi connectivity index (χ2n) is 7.07. The van der Waals surface area contributed by atoms with E-state index in [2.05, 4.69) is 5.10 Å². The molecule has 3 aromatic rings. The number of hydrogen-bond acceptors (Lipinski definition) is 4. The van der Waals surface area contributed by atoms with E-state index in [9.17, 15) is 17.6 Å². The highest BCUT2D eigenvalue weighted by Crippen LogP contribution is 2.33. The number of nitrogens with zero attached hydrogens (tertiary/aromatic N) is 2. The van der Waals surface area contributed by atoms with Crippen LogP contribution in [0, 0.1) is 5.82 Å². The minimum Gasteiger partial charge on any atom is -0.267 e. The summed E-state index contributed by atoms with van der Waals surface area (Å²) in [6.07, 6.45) is 5.68. The van der Waals surface area contributed by atoms with Gasteiger partial charge in [0.05, 0.1) is 22.7 Å². The summed E-state index contributed by atoms with van der Waals surface area (Å²) in [7, 11) is -3.31. The number of halogens is 1. The van der Waals surface area contributed by atoms with Crippen LogP contribution >= 0.6 is 0 Å². The molecule has 2 aromatic carbocycles. The van der Waals surface area contributed by atoms with Gasteiger partial charge in [0, 0.05) is 11.8 Å². The molecule has 1 saturated carbocycles. The molecule has 1 fully saturated rings. The van der Waals surface area contributed by atoms with Gasteiger partial charge in [-0.3, -0.25) is 4.79 Å². The van der Waals surface area contributed by atoms with Gasteiger partial charge in [-0.2, -0.15) is 5.10 Å². The van der Waals surface area contributed by atoms with E-state index in [1.807, 2.05) is 0 Å². The van der Waals surface area contributed by atoms with Crippen LogP contribution in [0.2, 0.25) is 0 Å². The maximum absolute atomic E-state index is 13.4. The summed E-state index contributed by atoms with van der Waals surface area (Å²) < 4.78 is 38.3. The number of rotatable bonds is 4. The summed E-state index contributed by atoms with van der Waals surface area (Å²) in [5.41, 5.74) is 2.09. The highest BCUT2D eigenvalue weighted by Gasteiger charge is 2.24. The SMILES string of the molecule is CS(=O)(=O)c1ccc(-c2cnn(C3CCC3)c(=O)c2-c2ccc(F)cc2)cc1. The summed E-state index contributed by atoms with van der Waals surface area (Å²) in [6, 6.07) is 12.2. The van der Waals surface area contributed by atoms with E-state index in [0.717, 1.165) is 25.5 Å². The summed E-state index contributed by atoms with van der Waals surface area (Å²) in [5.74, 6) is -0.379. The van der Waals surface area contributed by atoms with Crippen molar-refractivity contribution in [2.75, 3.05) is 6.26 Å². The van der Waals surface area contributed by atoms with Gasteiger partial charge in [-0.05, 0) is 54.7 Å². The molecule has 5 nitrogen and oxygen atoms in total.